The first-order chi connectivity index (χ1) is 11.2. The van der Waals surface area contributed by atoms with Crippen LogP contribution in [-0.2, 0) is 10.2 Å². The van der Waals surface area contributed by atoms with Gasteiger partial charge in [-0.3, -0.25) is 0 Å². The largest absolute Gasteiger partial charge is 0.490 e. The summed E-state index contributed by atoms with van der Waals surface area (Å²) in [5.41, 5.74) is 0.0238. The van der Waals surface area contributed by atoms with E-state index in [0.717, 1.165) is 4.31 Å². The minimum atomic E-state index is -3.46. The van der Waals surface area contributed by atoms with Crippen molar-refractivity contribution in [3.05, 3.63) is 29.8 Å². The van der Waals surface area contributed by atoms with E-state index >= 15 is 0 Å². The maximum Gasteiger partial charge on any atom is 0.339 e. The molecule has 0 amide bonds. The Morgan fingerprint density at radius 2 is 1.96 bits per heavy atom. The molecular weight excluding hydrogens is 338 g/mol. The first-order valence-electron chi connectivity index (χ1n) is 7.25. The molecule has 0 heterocycles. The lowest BCUT2D eigenvalue weighted by Crippen LogP contribution is -2.41. The molecule has 4 N–H and O–H groups in total. The number of benzene rings is 1. The van der Waals surface area contributed by atoms with Gasteiger partial charge in [0.05, 0.1) is 0 Å². The Morgan fingerprint density at radius 1 is 1.29 bits per heavy atom. The molecule has 0 bridgehead atoms. The molecule has 0 spiro atoms. The van der Waals surface area contributed by atoms with Crippen molar-refractivity contribution < 1.29 is 28.2 Å². The molecule has 0 saturated carbocycles. The molecule has 0 aliphatic rings. The highest BCUT2D eigenvalue weighted by Gasteiger charge is 2.13. The van der Waals surface area contributed by atoms with Crippen LogP contribution in [0.2, 0.25) is 0 Å². The van der Waals surface area contributed by atoms with Crippen molar-refractivity contribution in [1.82, 2.24) is 14.3 Å². The number of hydrogen-bond donors (Lipinski definition) is 4. The van der Waals surface area contributed by atoms with E-state index in [4.69, 9.17) is 9.84 Å². The number of carboxylic acid groups (broad SMARTS) is 1. The quantitative estimate of drug-likeness (QED) is 0.376. The first kappa shape index (κ1) is 20.3. The summed E-state index contributed by atoms with van der Waals surface area (Å²) in [6.07, 6.45) is -0.864. The summed E-state index contributed by atoms with van der Waals surface area (Å²) < 4.78 is 31.6. The molecule has 24 heavy (non-hydrogen) atoms. The molecule has 0 radical (unpaired) electrons. The van der Waals surface area contributed by atoms with Crippen molar-refractivity contribution in [2.45, 2.75) is 6.10 Å². The van der Waals surface area contributed by atoms with Crippen LogP contribution in [0, 0.1) is 0 Å². The summed E-state index contributed by atoms with van der Waals surface area (Å²) in [7, 11) is -0.613. The van der Waals surface area contributed by atoms with Gasteiger partial charge in [-0.1, -0.05) is 12.1 Å². The van der Waals surface area contributed by atoms with E-state index in [2.05, 4.69) is 10.0 Å². The highest BCUT2D eigenvalue weighted by molar-refractivity contribution is 7.87. The molecular formula is C14H23N3O6S. The monoisotopic (exact) mass is 361 g/mol. The molecule has 0 aromatic heterocycles. The summed E-state index contributed by atoms with van der Waals surface area (Å²) in [6.45, 7) is 0.603. The van der Waals surface area contributed by atoms with Gasteiger partial charge in [-0.25, -0.2) is 9.52 Å². The number of hydrogen-bond acceptors (Lipinski definition) is 6. The van der Waals surface area contributed by atoms with Crippen LogP contribution in [0.5, 0.6) is 5.75 Å². The van der Waals surface area contributed by atoms with Gasteiger partial charge in [0.1, 0.15) is 24.0 Å². The van der Waals surface area contributed by atoms with E-state index < -0.39 is 22.3 Å². The number of aliphatic hydroxyl groups is 1. The summed E-state index contributed by atoms with van der Waals surface area (Å²) in [6, 6.07) is 6.16. The van der Waals surface area contributed by atoms with Gasteiger partial charge in [0.2, 0.25) is 0 Å². The topological polar surface area (TPSA) is 128 Å². The number of carboxylic acids is 1. The lowest BCUT2D eigenvalue weighted by Gasteiger charge is -2.15. The average Bonchev–Trinajstić information content (AvgIpc) is 2.52. The van der Waals surface area contributed by atoms with Crippen LogP contribution in [0.4, 0.5) is 0 Å². The maximum atomic E-state index is 11.4. The molecule has 9 nitrogen and oxygen atoms in total. The Morgan fingerprint density at radius 3 is 2.58 bits per heavy atom. The molecule has 0 saturated heterocycles. The van der Waals surface area contributed by atoms with Gasteiger partial charge < -0.3 is 20.3 Å². The van der Waals surface area contributed by atoms with E-state index in [9.17, 15) is 18.3 Å². The molecule has 1 rings (SSSR count). The highest BCUT2D eigenvalue weighted by Crippen LogP contribution is 2.17. The zero-order valence-electron chi connectivity index (χ0n) is 13.6. The van der Waals surface area contributed by atoms with Crippen LogP contribution in [-0.4, -0.2) is 75.3 Å². The predicted molar refractivity (Wildman–Crippen MR) is 88.4 cm³/mol. The fourth-order valence-electron chi connectivity index (χ4n) is 1.68. The van der Waals surface area contributed by atoms with E-state index in [-0.39, 0.29) is 31.0 Å². The summed E-state index contributed by atoms with van der Waals surface area (Å²) in [4.78, 5) is 11.0. The molecule has 1 aromatic carbocycles. The first-order valence-corrected chi connectivity index (χ1v) is 8.69. The number of nitrogens with zero attached hydrogens (tertiary/aromatic N) is 1. The third-order valence-corrected chi connectivity index (χ3v) is 4.53. The van der Waals surface area contributed by atoms with Gasteiger partial charge in [0.15, 0.2) is 0 Å². The van der Waals surface area contributed by atoms with Gasteiger partial charge in [0.25, 0.3) is 10.2 Å². The molecule has 0 aliphatic heterocycles. The number of aliphatic hydroxyl groups excluding tert-OH is 1. The Kier molecular flexibility index (Phi) is 8.08. The molecule has 1 atom stereocenters. The minimum Gasteiger partial charge on any atom is -0.490 e. The minimum absolute atomic E-state index is 0.0238. The predicted octanol–water partition coefficient (Wildman–Crippen LogP) is -0.890. The number of carbonyl (C=O) groups is 1. The smallest absolute Gasteiger partial charge is 0.339 e. The van der Waals surface area contributed by atoms with E-state index in [1.165, 1.54) is 26.2 Å². The van der Waals surface area contributed by atoms with E-state index in [1.54, 1.807) is 12.1 Å². The third-order valence-electron chi connectivity index (χ3n) is 3.00. The van der Waals surface area contributed by atoms with E-state index in [1.807, 2.05) is 0 Å². The van der Waals surface area contributed by atoms with Crippen molar-refractivity contribution >= 4 is 16.2 Å². The normalized spacial score (nSPS) is 13.0. The fraction of sp³-hybridized carbons (Fsp3) is 0.500. The zero-order valence-corrected chi connectivity index (χ0v) is 14.4. The second kappa shape index (κ2) is 9.55. The molecule has 1 unspecified atom stereocenters. The van der Waals surface area contributed by atoms with Gasteiger partial charge in [-0.15, -0.1) is 0 Å². The standard InChI is InChI=1S/C14H23N3O6S/c1-17(2)24(21,22)16-8-7-15-9-11(18)10-23-13-6-4-3-5-12(13)14(19)20/h3-6,11,15-16,18H,7-10H2,1-2H3,(H,19,20). The number of para-hydroxylation sites is 1. The molecule has 10 heteroatoms. The van der Waals surface area contributed by atoms with Crippen LogP contribution in [0.15, 0.2) is 24.3 Å². The third kappa shape index (κ3) is 6.81. The molecule has 0 aliphatic carbocycles. The van der Waals surface area contributed by atoms with Crippen molar-refractivity contribution in [2.24, 2.45) is 0 Å². The molecule has 0 fully saturated rings. The van der Waals surface area contributed by atoms with Gasteiger partial charge in [-0.2, -0.15) is 12.7 Å². The van der Waals surface area contributed by atoms with Crippen LogP contribution in [0.25, 0.3) is 0 Å². The van der Waals surface area contributed by atoms with Crippen molar-refractivity contribution in [2.75, 3.05) is 40.3 Å². The van der Waals surface area contributed by atoms with Crippen molar-refractivity contribution in [1.29, 1.82) is 0 Å². The lowest BCUT2D eigenvalue weighted by atomic mass is 10.2. The van der Waals surface area contributed by atoms with Crippen LogP contribution in [0.3, 0.4) is 0 Å². The van der Waals surface area contributed by atoms with Gasteiger partial charge in [0, 0.05) is 33.7 Å². The number of rotatable bonds is 11. The van der Waals surface area contributed by atoms with Gasteiger partial charge >= 0.3 is 5.97 Å². The number of aromatic carboxylic acids is 1. The van der Waals surface area contributed by atoms with Crippen molar-refractivity contribution in [3.8, 4) is 5.75 Å². The van der Waals surface area contributed by atoms with Crippen LogP contribution in [0.1, 0.15) is 10.4 Å². The zero-order chi connectivity index (χ0) is 18.2. The van der Waals surface area contributed by atoms with Crippen LogP contribution >= 0.6 is 0 Å². The summed E-state index contributed by atoms with van der Waals surface area (Å²) >= 11 is 0. The lowest BCUT2D eigenvalue weighted by molar-refractivity contribution is 0.0683. The van der Waals surface area contributed by atoms with E-state index in [0.29, 0.717) is 6.54 Å². The number of nitrogens with one attached hydrogen (secondary N) is 2. The Bertz CT molecular complexity index is 635. The SMILES string of the molecule is CN(C)S(=O)(=O)NCCNCC(O)COc1ccccc1C(=O)O. The molecule has 136 valence electrons. The number of ether oxygens (including phenoxy) is 1. The molecule has 1 aromatic rings. The summed E-state index contributed by atoms with van der Waals surface area (Å²) in [5, 5.41) is 21.7. The second-order valence-corrected chi connectivity index (χ2v) is 7.12. The fourth-order valence-corrected chi connectivity index (χ4v) is 2.30. The Labute approximate surface area is 141 Å². The summed E-state index contributed by atoms with van der Waals surface area (Å²) in [5.74, 6) is -0.922. The Balaban J connectivity index is 2.28. The Hall–Kier alpha value is -1.72. The highest BCUT2D eigenvalue weighted by atomic mass is 32.2. The second-order valence-electron chi connectivity index (χ2n) is 5.15. The van der Waals surface area contributed by atoms with Gasteiger partial charge in [-0.05, 0) is 12.1 Å². The average molecular weight is 361 g/mol. The maximum absolute atomic E-state index is 11.4. The van der Waals surface area contributed by atoms with Crippen LogP contribution < -0.4 is 14.8 Å². The van der Waals surface area contributed by atoms with Crippen molar-refractivity contribution in [3.63, 3.8) is 0 Å².